The van der Waals surface area contributed by atoms with Crippen LogP contribution in [0.25, 0.3) is 0 Å². The third-order valence-electron chi connectivity index (χ3n) is 7.38. The molecule has 3 saturated carbocycles. The summed E-state index contributed by atoms with van der Waals surface area (Å²) in [6.07, 6.45) is 5.90. The Morgan fingerprint density at radius 3 is 2.70 bits per heavy atom. The average molecular weight is 368 g/mol. The summed E-state index contributed by atoms with van der Waals surface area (Å²) in [5.74, 6) is 2.31. The maximum atomic E-state index is 13.2. The molecule has 5 heteroatoms. The van der Waals surface area contributed by atoms with E-state index >= 15 is 0 Å². The Morgan fingerprint density at radius 2 is 1.96 bits per heavy atom. The molecule has 144 valence electrons. The molecule has 2 aliphatic heterocycles. The van der Waals surface area contributed by atoms with Crippen molar-refractivity contribution in [3.8, 4) is 5.75 Å². The van der Waals surface area contributed by atoms with E-state index < -0.39 is 5.72 Å². The summed E-state index contributed by atoms with van der Waals surface area (Å²) in [5, 5.41) is 3.18. The zero-order valence-corrected chi connectivity index (χ0v) is 15.9. The summed E-state index contributed by atoms with van der Waals surface area (Å²) in [7, 11) is 0. The molecule has 2 bridgehead atoms. The molecule has 5 nitrogen and oxygen atoms in total. The maximum absolute atomic E-state index is 13.2. The predicted octanol–water partition coefficient (Wildman–Crippen LogP) is 3.20. The number of para-hydroxylation sites is 1. The Balaban J connectivity index is 1.35. The topological polar surface area (TPSA) is 58.6 Å². The van der Waals surface area contributed by atoms with Crippen LogP contribution in [0.3, 0.4) is 0 Å². The van der Waals surface area contributed by atoms with E-state index in [-0.39, 0.29) is 17.7 Å². The van der Waals surface area contributed by atoms with E-state index in [1.54, 1.807) is 0 Å². The summed E-state index contributed by atoms with van der Waals surface area (Å²) in [5.41, 5.74) is -0.0127. The number of amides is 2. The Kier molecular flexibility index (Phi) is 3.95. The number of carbonyl (C=O) groups excluding carboxylic acids is 2. The zero-order valence-electron chi connectivity index (χ0n) is 15.9. The first kappa shape index (κ1) is 17.1. The van der Waals surface area contributed by atoms with E-state index in [1.807, 2.05) is 24.3 Å². The van der Waals surface area contributed by atoms with Crippen LogP contribution < -0.4 is 10.1 Å². The van der Waals surface area contributed by atoms with E-state index in [2.05, 4.69) is 17.1 Å². The monoisotopic (exact) mass is 368 g/mol. The van der Waals surface area contributed by atoms with Gasteiger partial charge in [-0.3, -0.25) is 9.59 Å². The van der Waals surface area contributed by atoms with Crippen LogP contribution in [0.4, 0.5) is 0 Å². The predicted molar refractivity (Wildman–Crippen MR) is 101 cm³/mol. The van der Waals surface area contributed by atoms with Gasteiger partial charge in [-0.25, -0.2) is 0 Å². The minimum Gasteiger partial charge on any atom is -0.467 e. The number of likely N-dealkylation sites (tertiary alicyclic amines) is 1. The first-order chi connectivity index (χ1) is 13.1. The normalized spacial score (nSPS) is 35.5. The Morgan fingerprint density at radius 1 is 1.19 bits per heavy atom. The number of benzene rings is 1. The van der Waals surface area contributed by atoms with Crippen LogP contribution in [0, 0.1) is 23.7 Å². The molecular formula is C22H28N2O3. The Bertz CT molecular complexity index is 771. The molecule has 5 aliphatic rings. The molecule has 1 spiro atoms. The second kappa shape index (κ2) is 6.25. The number of piperidine rings is 1. The van der Waals surface area contributed by atoms with Gasteiger partial charge in [-0.2, -0.15) is 0 Å². The number of nitrogens with zero attached hydrogens (tertiary/aromatic N) is 1. The largest absolute Gasteiger partial charge is 0.467 e. The molecule has 1 N–H and O–H groups in total. The van der Waals surface area contributed by atoms with E-state index in [1.165, 1.54) is 0 Å². The maximum Gasteiger partial charge on any atom is 0.258 e. The van der Waals surface area contributed by atoms with Gasteiger partial charge in [0.25, 0.3) is 5.91 Å². The van der Waals surface area contributed by atoms with Gasteiger partial charge in [-0.15, -0.1) is 0 Å². The lowest BCUT2D eigenvalue weighted by Crippen LogP contribution is -2.67. The van der Waals surface area contributed by atoms with Gasteiger partial charge in [0.15, 0.2) is 5.72 Å². The molecule has 4 atom stereocenters. The smallest absolute Gasteiger partial charge is 0.258 e. The number of ether oxygens (including phenoxy) is 1. The van der Waals surface area contributed by atoms with Crippen molar-refractivity contribution in [3.05, 3.63) is 29.8 Å². The van der Waals surface area contributed by atoms with Crippen LogP contribution in [-0.4, -0.2) is 35.5 Å². The highest BCUT2D eigenvalue weighted by Crippen LogP contribution is 2.52. The molecular weight excluding hydrogens is 340 g/mol. The lowest BCUT2D eigenvalue weighted by atomic mass is 9.59. The average Bonchev–Trinajstić information content (AvgIpc) is 2.68. The highest BCUT2D eigenvalue weighted by atomic mass is 16.5. The Labute approximate surface area is 160 Å². The first-order valence-electron chi connectivity index (χ1n) is 10.4. The van der Waals surface area contributed by atoms with Crippen molar-refractivity contribution in [3.63, 3.8) is 0 Å². The minimum absolute atomic E-state index is 0.0442. The van der Waals surface area contributed by atoms with Gasteiger partial charge < -0.3 is 15.0 Å². The van der Waals surface area contributed by atoms with Crippen molar-refractivity contribution >= 4 is 11.8 Å². The highest BCUT2D eigenvalue weighted by Gasteiger charge is 2.57. The third-order valence-corrected chi connectivity index (χ3v) is 7.38. The molecule has 27 heavy (non-hydrogen) atoms. The van der Waals surface area contributed by atoms with Gasteiger partial charge in [-0.05, 0) is 56.1 Å². The standard InChI is InChI=1S/C22H28N2O3/c1-14-8-10-24(11-9-14)21(26)18-12-16-7-6-15(18)13-22(16)23-20(25)17-4-2-3-5-19(17)27-22/h2-5,14-16,18H,6-13H2,1H3,(H,23,25)/t15-,16+,18-,22-/m0/s1. The molecule has 3 aliphatic carbocycles. The van der Waals surface area contributed by atoms with E-state index in [4.69, 9.17) is 4.74 Å². The summed E-state index contributed by atoms with van der Waals surface area (Å²) >= 11 is 0. The number of hydrogen-bond donors (Lipinski definition) is 1. The third kappa shape index (κ3) is 2.74. The van der Waals surface area contributed by atoms with Crippen molar-refractivity contribution in [2.24, 2.45) is 23.7 Å². The summed E-state index contributed by atoms with van der Waals surface area (Å²) in [6, 6.07) is 7.47. The van der Waals surface area contributed by atoms with E-state index in [9.17, 15) is 9.59 Å². The highest BCUT2D eigenvalue weighted by molar-refractivity contribution is 5.98. The number of carbonyl (C=O) groups is 2. The van der Waals surface area contributed by atoms with Crippen molar-refractivity contribution in [1.82, 2.24) is 10.2 Å². The lowest BCUT2D eigenvalue weighted by Gasteiger charge is -2.55. The molecule has 4 fully saturated rings. The number of rotatable bonds is 1. The van der Waals surface area contributed by atoms with E-state index in [0.29, 0.717) is 23.1 Å². The molecule has 1 saturated heterocycles. The Hall–Kier alpha value is -2.04. The SMILES string of the molecule is CC1CCN(C(=O)[C@H]2C[C@H]3CC[C@H]2C[C@@]32NC(=O)c3ccccc3O2)CC1. The number of fused-ring (bicyclic) bond motifs is 3. The molecule has 1 aromatic carbocycles. The van der Waals surface area contributed by atoms with E-state index in [0.717, 1.165) is 57.5 Å². The fourth-order valence-corrected chi connectivity index (χ4v) is 5.73. The fraction of sp³-hybridized carbons (Fsp3) is 0.636. The van der Waals surface area contributed by atoms with Crippen LogP contribution in [0.1, 0.15) is 55.8 Å². The quantitative estimate of drug-likeness (QED) is 0.828. The van der Waals surface area contributed by atoms with Crippen LogP contribution >= 0.6 is 0 Å². The second-order valence-corrected chi connectivity index (χ2v) is 9.03. The molecule has 0 unspecified atom stereocenters. The number of hydrogen-bond acceptors (Lipinski definition) is 3. The van der Waals surface area contributed by atoms with Crippen LogP contribution in [-0.2, 0) is 4.79 Å². The number of nitrogens with one attached hydrogen (secondary N) is 1. The van der Waals surface area contributed by atoms with Gasteiger partial charge in [0.1, 0.15) is 5.75 Å². The molecule has 1 aromatic rings. The molecule has 0 radical (unpaired) electrons. The van der Waals surface area contributed by atoms with Crippen molar-refractivity contribution in [2.45, 2.75) is 51.2 Å². The van der Waals surface area contributed by atoms with Crippen molar-refractivity contribution in [2.75, 3.05) is 13.1 Å². The summed E-state index contributed by atoms with van der Waals surface area (Å²) in [6.45, 7) is 4.08. The zero-order chi connectivity index (χ0) is 18.6. The fourth-order valence-electron chi connectivity index (χ4n) is 5.73. The molecule has 2 heterocycles. The summed E-state index contributed by atoms with van der Waals surface area (Å²) in [4.78, 5) is 27.9. The van der Waals surface area contributed by atoms with Gasteiger partial charge in [-0.1, -0.05) is 19.1 Å². The van der Waals surface area contributed by atoms with Crippen molar-refractivity contribution in [1.29, 1.82) is 0 Å². The van der Waals surface area contributed by atoms with Gasteiger partial charge in [0.2, 0.25) is 5.91 Å². The molecule has 0 aromatic heterocycles. The lowest BCUT2D eigenvalue weighted by molar-refractivity contribution is -0.156. The molecule has 6 rings (SSSR count). The first-order valence-corrected chi connectivity index (χ1v) is 10.4. The second-order valence-electron chi connectivity index (χ2n) is 9.03. The molecule has 2 amide bonds. The van der Waals surface area contributed by atoms with Gasteiger partial charge >= 0.3 is 0 Å². The van der Waals surface area contributed by atoms with Gasteiger partial charge in [0, 0.05) is 31.3 Å². The summed E-state index contributed by atoms with van der Waals surface area (Å²) < 4.78 is 6.40. The van der Waals surface area contributed by atoms with Crippen molar-refractivity contribution < 1.29 is 14.3 Å². The van der Waals surface area contributed by atoms with Crippen LogP contribution in [0.2, 0.25) is 0 Å². The van der Waals surface area contributed by atoms with Gasteiger partial charge in [0.05, 0.1) is 5.56 Å². The van der Waals surface area contributed by atoms with Crippen LogP contribution in [0.5, 0.6) is 5.75 Å². The minimum atomic E-state index is -0.623. The van der Waals surface area contributed by atoms with Crippen LogP contribution in [0.15, 0.2) is 24.3 Å².